The summed E-state index contributed by atoms with van der Waals surface area (Å²) in [4.78, 5) is 0. The van der Waals surface area contributed by atoms with Crippen LogP contribution >= 0.6 is 0 Å². The molecule has 1 aliphatic rings. The summed E-state index contributed by atoms with van der Waals surface area (Å²) >= 11 is 0. The van der Waals surface area contributed by atoms with Gasteiger partial charge in [-0.2, -0.15) is 0 Å². The summed E-state index contributed by atoms with van der Waals surface area (Å²) in [6, 6.07) is 2.68. The zero-order valence-electron chi connectivity index (χ0n) is 11.4. The molecule has 1 N–H and O–H groups in total. The zero-order valence-corrected chi connectivity index (χ0v) is 12.2. The van der Waals surface area contributed by atoms with E-state index < -0.39 is 32.8 Å². The molecule has 2 rings (SSSR count). The lowest BCUT2D eigenvalue weighted by Gasteiger charge is -2.31. The molecule has 112 valence electrons. The Morgan fingerprint density at radius 3 is 2.70 bits per heavy atom. The van der Waals surface area contributed by atoms with Crippen LogP contribution in [0, 0.1) is 11.6 Å². The van der Waals surface area contributed by atoms with Gasteiger partial charge in [-0.3, -0.25) is 0 Å². The first-order valence-electron chi connectivity index (χ1n) is 6.85. The molecule has 0 amide bonds. The Balaban J connectivity index is 2.40. The summed E-state index contributed by atoms with van der Waals surface area (Å²) in [5.74, 6) is -1.22. The van der Waals surface area contributed by atoms with Crippen LogP contribution in [0.25, 0.3) is 0 Å². The third-order valence-corrected chi connectivity index (χ3v) is 6.01. The first-order chi connectivity index (χ1) is 9.45. The zero-order chi connectivity index (χ0) is 14.8. The summed E-state index contributed by atoms with van der Waals surface area (Å²) in [7, 11) is -3.24. The summed E-state index contributed by atoms with van der Waals surface area (Å²) in [6.45, 7) is 2.36. The van der Waals surface area contributed by atoms with Crippen LogP contribution < -0.4 is 5.32 Å². The van der Waals surface area contributed by atoms with Crippen LogP contribution in [0.15, 0.2) is 18.2 Å². The van der Waals surface area contributed by atoms with Crippen molar-refractivity contribution in [3.63, 3.8) is 0 Å². The van der Waals surface area contributed by atoms with E-state index in [2.05, 4.69) is 5.32 Å². The summed E-state index contributed by atoms with van der Waals surface area (Å²) in [5.41, 5.74) is 0.226. The molecule has 1 heterocycles. The Bertz CT molecular complexity index is 575. The van der Waals surface area contributed by atoms with Gasteiger partial charge in [0, 0.05) is 11.6 Å². The van der Waals surface area contributed by atoms with Crippen molar-refractivity contribution in [1.29, 1.82) is 0 Å². The molecule has 1 aromatic rings. The van der Waals surface area contributed by atoms with Crippen LogP contribution in [0.3, 0.4) is 0 Å². The van der Waals surface area contributed by atoms with E-state index in [1.165, 1.54) is 6.07 Å². The standard InChI is InChI=1S/C14H19F2NO2S/c1-2-17-14(11-7-6-10(15)9-12(11)16)13-5-3-4-8-20(13,18)19/h6-7,9,13-14,17H,2-5,8H2,1H3. The molecule has 2 unspecified atom stereocenters. The minimum atomic E-state index is -3.24. The Morgan fingerprint density at radius 1 is 1.35 bits per heavy atom. The number of benzene rings is 1. The number of sulfone groups is 1. The Labute approximate surface area is 118 Å². The molecule has 1 aliphatic heterocycles. The third-order valence-electron chi connectivity index (χ3n) is 3.72. The first-order valence-corrected chi connectivity index (χ1v) is 8.57. The molecule has 1 saturated heterocycles. The van der Waals surface area contributed by atoms with E-state index in [1.54, 1.807) is 0 Å². The minimum Gasteiger partial charge on any atom is -0.309 e. The third kappa shape index (κ3) is 3.17. The van der Waals surface area contributed by atoms with Crippen LogP contribution in [0.1, 0.15) is 37.8 Å². The normalized spacial score (nSPS) is 23.4. The lowest BCUT2D eigenvalue weighted by molar-refractivity contribution is 0.438. The summed E-state index contributed by atoms with van der Waals surface area (Å²) in [6.07, 6.45) is 1.98. The molecule has 2 atom stereocenters. The molecule has 0 aromatic heterocycles. The van der Waals surface area contributed by atoms with Gasteiger partial charge >= 0.3 is 0 Å². The van der Waals surface area contributed by atoms with Gasteiger partial charge in [0.2, 0.25) is 0 Å². The maximum absolute atomic E-state index is 14.0. The van der Waals surface area contributed by atoms with Crippen molar-refractivity contribution in [3.8, 4) is 0 Å². The molecular weight excluding hydrogens is 284 g/mol. The molecular formula is C14H19F2NO2S. The molecule has 6 heteroatoms. The van der Waals surface area contributed by atoms with Crippen LogP contribution in [0.5, 0.6) is 0 Å². The lowest BCUT2D eigenvalue weighted by Crippen LogP contribution is -2.41. The number of hydrogen-bond acceptors (Lipinski definition) is 3. The van der Waals surface area contributed by atoms with E-state index in [4.69, 9.17) is 0 Å². The van der Waals surface area contributed by atoms with Gasteiger partial charge in [-0.15, -0.1) is 0 Å². The maximum atomic E-state index is 14.0. The molecule has 0 radical (unpaired) electrons. The Kier molecular flexibility index (Phi) is 4.75. The van der Waals surface area contributed by atoms with Crippen molar-refractivity contribution >= 4 is 9.84 Å². The van der Waals surface area contributed by atoms with Crippen LogP contribution in [-0.2, 0) is 9.84 Å². The van der Waals surface area contributed by atoms with Crippen molar-refractivity contribution in [2.24, 2.45) is 0 Å². The number of nitrogens with one attached hydrogen (secondary N) is 1. The Hall–Kier alpha value is -1.01. The summed E-state index contributed by atoms with van der Waals surface area (Å²) < 4.78 is 51.4. The van der Waals surface area contributed by atoms with Gasteiger partial charge in [0.05, 0.1) is 17.0 Å². The second-order valence-electron chi connectivity index (χ2n) is 5.10. The average Bonchev–Trinajstić information content (AvgIpc) is 2.37. The largest absolute Gasteiger partial charge is 0.309 e. The lowest BCUT2D eigenvalue weighted by atomic mass is 9.98. The van der Waals surface area contributed by atoms with Crippen LogP contribution in [-0.4, -0.2) is 26.0 Å². The minimum absolute atomic E-state index is 0.141. The van der Waals surface area contributed by atoms with Crippen LogP contribution in [0.2, 0.25) is 0 Å². The van der Waals surface area contributed by atoms with Gasteiger partial charge in [0.15, 0.2) is 9.84 Å². The quantitative estimate of drug-likeness (QED) is 0.930. The maximum Gasteiger partial charge on any atom is 0.155 e. The van der Waals surface area contributed by atoms with Crippen molar-refractivity contribution in [2.45, 2.75) is 37.5 Å². The second-order valence-corrected chi connectivity index (χ2v) is 7.44. The first kappa shape index (κ1) is 15.4. The predicted molar refractivity (Wildman–Crippen MR) is 74.2 cm³/mol. The SMILES string of the molecule is CCNC(c1ccc(F)cc1F)C1CCCCS1(=O)=O. The molecule has 3 nitrogen and oxygen atoms in total. The van der Waals surface area contributed by atoms with Crippen molar-refractivity contribution in [1.82, 2.24) is 5.32 Å². The highest BCUT2D eigenvalue weighted by atomic mass is 32.2. The molecule has 0 spiro atoms. The van der Waals surface area contributed by atoms with Gasteiger partial charge in [0.1, 0.15) is 11.6 Å². The molecule has 20 heavy (non-hydrogen) atoms. The van der Waals surface area contributed by atoms with E-state index in [1.807, 2.05) is 6.92 Å². The van der Waals surface area contributed by atoms with E-state index in [9.17, 15) is 17.2 Å². The van der Waals surface area contributed by atoms with Crippen molar-refractivity contribution < 1.29 is 17.2 Å². The topological polar surface area (TPSA) is 46.2 Å². The summed E-state index contributed by atoms with van der Waals surface area (Å²) in [5, 5.41) is 2.40. The van der Waals surface area contributed by atoms with E-state index in [-0.39, 0.29) is 11.3 Å². The number of halogens is 2. The highest BCUT2D eigenvalue weighted by molar-refractivity contribution is 7.92. The van der Waals surface area contributed by atoms with E-state index >= 15 is 0 Å². The number of hydrogen-bond donors (Lipinski definition) is 1. The molecule has 0 aliphatic carbocycles. The van der Waals surface area contributed by atoms with Crippen molar-refractivity contribution in [3.05, 3.63) is 35.4 Å². The van der Waals surface area contributed by atoms with Gasteiger partial charge in [0.25, 0.3) is 0 Å². The molecule has 1 fully saturated rings. The van der Waals surface area contributed by atoms with Crippen LogP contribution in [0.4, 0.5) is 8.78 Å². The second kappa shape index (κ2) is 6.18. The van der Waals surface area contributed by atoms with Gasteiger partial charge in [-0.05, 0) is 25.5 Å². The smallest absolute Gasteiger partial charge is 0.155 e. The monoisotopic (exact) mass is 303 g/mol. The van der Waals surface area contributed by atoms with Gasteiger partial charge in [-0.25, -0.2) is 17.2 Å². The van der Waals surface area contributed by atoms with E-state index in [0.717, 1.165) is 18.6 Å². The van der Waals surface area contributed by atoms with Gasteiger partial charge in [-0.1, -0.05) is 19.4 Å². The fourth-order valence-corrected chi connectivity index (χ4v) is 4.86. The molecule has 0 saturated carbocycles. The highest BCUT2D eigenvalue weighted by Crippen LogP contribution is 2.32. The highest BCUT2D eigenvalue weighted by Gasteiger charge is 2.37. The average molecular weight is 303 g/mol. The predicted octanol–water partition coefficient (Wildman–Crippen LogP) is 2.58. The molecule has 1 aromatic carbocycles. The number of rotatable bonds is 4. The Morgan fingerprint density at radius 2 is 2.10 bits per heavy atom. The van der Waals surface area contributed by atoms with Crippen molar-refractivity contribution in [2.75, 3.05) is 12.3 Å². The van der Waals surface area contributed by atoms with Gasteiger partial charge < -0.3 is 5.32 Å². The molecule has 0 bridgehead atoms. The fourth-order valence-electron chi connectivity index (χ4n) is 2.77. The van der Waals surface area contributed by atoms with E-state index in [0.29, 0.717) is 19.4 Å². The fraction of sp³-hybridized carbons (Fsp3) is 0.571.